The fourth-order valence-corrected chi connectivity index (χ4v) is 1.37. The average molecular weight is 267 g/mol. The molecule has 0 atom stereocenters. The van der Waals surface area contributed by atoms with Crippen LogP contribution >= 0.6 is 0 Å². The minimum Gasteiger partial charge on any atom is -0.502 e. The molecule has 0 aliphatic carbocycles. The molecule has 0 radical (unpaired) electrons. The third-order valence-electron chi connectivity index (χ3n) is 2.50. The molecule has 0 saturated heterocycles. The van der Waals surface area contributed by atoms with E-state index in [1.807, 2.05) is 0 Å². The highest BCUT2D eigenvalue weighted by Crippen LogP contribution is 2.37. The molecule has 6 heteroatoms. The monoisotopic (exact) mass is 267 g/mol. The molecule has 0 unspecified atom stereocenters. The van der Waals surface area contributed by atoms with Crippen molar-refractivity contribution in [1.82, 2.24) is 5.06 Å². The summed E-state index contributed by atoms with van der Waals surface area (Å²) in [6.07, 6.45) is 2.91. The van der Waals surface area contributed by atoms with Gasteiger partial charge >= 0.3 is 0 Å². The van der Waals surface area contributed by atoms with E-state index < -0.39 is 0 Å². The maximum atomic E-state index is 11.5. The number of ether oxygens (including phenoxy) is 2. The van der Waals surface area contributed by atoms with Gasteiger partial charge in [-0.05, 0) is 23.8 Å². The lowest BCUT2D eigenvalue weighted by molar-refractivity contribution is -0.162. The van der Waals surface area contributed by atoms with Gasteiger partial charge in [-0.1, -0.05) is 0 Å². The molecule has 0 aliphatic rings. The van der Waals surface area contributed by atoms with Gasteiger partial charge in [0.05, 0.1) is 21.3 Å². The van der Waals surface area contributed by atoms with Gasteiger partial charge in [0.25, 0.3) is 5.91 Å². The van der Waals surface area contributed by atoms with Crippen LogP contribution in [0.3, 0.4) is 0 Å². The molecule has 1 aromatic carbocycles. The van der Waals surface area contributed by atoms with E-state index in [1.165, 1.54) is 34.5 Å². The number of phenolic OH excluding ortho intramolecular Hbond substituents is 1. The number of carbonyl (C=O) groups excluding carboxylic acids is 1. The third kappa shape index (κ3) is 3.62. The number of amides is 1. The van der Waals surface area contributed by atoms with Gasteiger partial charge in [-0.2, -0.15) is 0 Å². The van der Waals surface area contributed by atoms with Crippen LogP contribution in [0.25, 0.3) is 6.08 Å². The van der Waals surface area contributed by atoms with Crippen LogP contribution in [0.15, 0.2) is 18.2 Å². The molecule has 0 saturated carbocycles. The maximum Gasteiger partial charge on any atom is 0.269 e. The Bertz CT molecular complexity index is 459. The number of likely N-dealkylation sites (N-methyl/N-ethyl adjacent to an activating group) is 1. The standard InChI is InChI=1S/C13H17NO5/c1-14(19-4)12(15)6-5-9-7-10(17-2)13(16)11(8-9)18-3/h5-8,16H,1-4H3/b6-5+. The van der Waals surface area contributed by atoms with Crippen LogP contribution in [0.1, 0.15) is 5.56 Å². The largest absolute Gasteiger partial charge is 0.502 e. The molecule has 0 heterocycles. The first-order chi connectivity index (χ1) is 9.03. The van der Waals surface area contributed by atoms with E-state index in [4.69, 9.17) is 14.3 Å². The van der Waals surface area contributed by atoms with Gasteiger partial charge < -0.3 is 14.6 Å². The minimum atomic E-state index is -0.312. The topological polar surface area (TPSA) is 68.2 Å². The lowest BCUT2D eigenvalue weighted by atomic mass is 10.1. The third-order valence-corrected chi connectivity index (χ3v) is 2.50. The van der Waals surface area contributed by atoms with Crippen LogP contribution in [0.4, 0.5) is 0 Å². The molecule has 1 rings (SSSR count). The summed E-state index contributed by atoms with van der Waals surface area (Å²) in [6.45, 7) is 0. The molecule has 6 nitrogen and oxygen atoms in total. The van der Waals surface area contributed by atoms with Crippen LogP contribution in [-0.4, -0.2) is 44.5 Å². The van der Waals surface area contributed by atoms with Gasteiger partial charge in [0.2, 0.25) is 5.75 Å². The number of aromatic hydroxyl groups is 1. The van der Waals surface area contributed by atoms with Crippen molar-refractivity contribution in [3.63, 3.8) is 0 Å². The van der Waals surface area contributed by atoms with Gasteiger partial charge in [-0.15, -0.1) is 0 Å². The molecule has 0 fully saturated rings. The Kier molecular flexibility index (Phi) is 5.20. The molecule has 0 aliphatic heterocycles. The number of hydrogen-bond acceptors (Lipinski definition) is 5. The molecule has 1 amide bonds. The Labute approximate surface area is 111 Å². The maximum absolute atomic E-state index is 11.5. The first kappa shape index (κ1) is 14.8. The molecule has 1 aromatic rings. The summed E-state index contributed by atoms with van der Waals surface area (Å²) < 4.78 is 10.0. The van der Waals surface area contributed by atoms with E-state index in [1.54, 1.807) is 18.2 Å². The number of hydrogen-bond donors (Lipinski definition) is 1. The van der Waals surface area contributed by atoms with Crippen molar-refractivity contribution in [2.45, 2.75) is 0 Å². The summed E-state index contributed by atoms with van der Waals surface area (Å²) in [5.74, 6) is 0.147. The normalized spacial score (nSPS) is 10.5. The highest BCUT2D eigenvalue weighted by atomic mass is 16.7. The highest BCUT2D eigenvalue weighted by Gasteiger charge is 2.10. The summed E-state index contributed by atoms with van der Waals surface area (Å²) in [6, 6.07) is 3.18. The number of nitrogens with zero attached hydrogens (tertiary/aromatic N) is 1. The van der Waals surface area contributed by atoms with Gasteiger partial charge in [-0.25, -0.2) is 5.06 Å². The summed E-state index contributed by atoms with van der Waals surface area (Å²) in [7, 11) is 5.78. The van der Waals surface area contributed by atoms with Crippen LogP contribution in [0, 0.1) is 0 Å². The van der Waals surface area contributed by atoms with Crippen molar-refractivity contribution in [2.24, 2.45) is 0 Å². The molecule has 0 bridgehead atoms. The van der Waals surface area contributed by atoms with E-state index in [0.717, 1.165) is 5.06 Å². The quantitative estimate of drug-likeness (QED) is 0.646. The van der Waals surface area contributed by atoms with Crippen molar-refractivity contribution in [3.05, 3.63) is 23.8 Å². The van der Waals surface area contributed by atoms with Crippen LogP contribution in [-0.2, 0) is 9.63 Å². The SMILES string of the molecule is COc1cc(/C=C/C(=O)N(C)OC)cc(OC)c1O. The molecule has 104 valence electrons. The van der Waals surface area contributed by atoms with Gasteiger partial charge in [0.1, 0.15) is 0 Å². The molecular formula is C13H17NO5. The predicted molar refractivity (Wildman–Crippen MR) is 70.0 cm³/mol. The molecule has 1 N–H and O–H groups in total. The summed E-state index contributed by atoms with van der Waals surface area (Å²) >= 11 is 0. The average Bonchev–Trinajstić information content (AvgIpc) is 2.44. The Hall–Kier alpha value is -2.21. The number of carbonyl (C=O) groups is 1. The van der Waals surface area contributed by atoms with E-state index in [2.05, 4.69) is 0 Å². The van der Waals surface area contributed by atoms with Crippen LogP contribution in [0.2, 0.25) is 0 Å². The second-order valence-corrected chi connectivity index (χ2v) is 3.63. The van der Waals surface area contributed by atoms with E-state index >= 15 is 0 Å². The van der Waals surface area contributed by atoms with Crippen molar-refractivity contribution < 1.29 is 24.2 Å². The van der Waals surface area contributed by atoms with Gasteiger partial charge in [0.15, 0.2) is 11.5 Å². The Morgan fingerprint density at radius 2 is 1.74 bits per heavy atom. The Balaban J connectivity index is 3.02. The molecular weight excluding hydrogens is 250 g/mol. The lowest BCUT2D eigenvalue weighted by Crippen LogP contribution is -2.22. The summed E-state index contributed by atoms with van der Waals surface area (Å²) in [4.78, 5) is 16.3. The first-order valence-corrected chi connectivity index (χ1v) is 5.48. The van der Waals surface area contributed by atoms with E-state index in [0.29, 0.717) is 5.56 Å². The first-order valence-electron chi connectivity index (χ1n) is 5.48. The van der Waals surface area contributed by atoms with E-state index in [-0.39, 0.29) is 23.2 Å². The zero-order valence-corrected chi connectivity index (χ0v) is 11.3. The molecule has 19 heavy (non-hydrogen) atoms. The van der Waals surface area contributed by atoms with Crippen molar-refractivity contribution in [3.8, 4) is 17.2 Å². The zero-order valence-electron chi connectivity index (χ0n) is 11.3. The number of hydroxylamine groups is 2. The number of methoxy groups -OCH3 is 2. The number of rotatable bonds is 5. The summed E-state index contributed by atoms with van der Waals surface area (Å²) in [5, 5.41) is 10.8. The Morgan fingerprint density at radius 3 is 2.16 bits per heavy atom. The smallest absolute Gasteiger partial charge is 0.269 e. The molecule has 0 spiro atoms. The number of phenols is 1. The van der Waals surface area contributed by atoms with Crippen molar-refractivity contribution in [2.75, 3.05) is 28.4 Å². The van der Waals surface area contributed by atoms with Gasteiger partial charge in [0, 0.05) is 13.1 Å². The fraction of sp³-hybridized carbons (Fsp3) is 0.308. The van der Waals surface area contributed by atoms with E-state index in [9.17, 15) is 9.90 Å². The van der Waals surface area contributed by atoms with Crippen molar-refractivity contribution in [1.29, 1.82) is 0 Å². The second-order valence-electron chi connectivity index (χ2n) is 3.63. The van der Waals surface area contributed by atoms with Crippen LogP contribution in [0.5, 0.6) is 17.2 Å². The number of benzene rings is 1. The fourth-order valence-electron chi connectivity index (χ4n) is 1.37. The Morgan fingerprint density at radius 1 is 1.21 bits per heavy atom. The zero-order chi connectivity index (χ0) is 14.4. The van der Waals surface area contributed by atoms with Crippen LogP contribution < -0.4 is 9.47 Å². The minimum absolute atomic E-state index is 0.0810. The lowest BCUT2D eigenvalue weighted by Gasteiger charge is -2.11. The molecule has 0 aromatic heterocycles. The summed E-state index contributed by atoms with van der Waals surface area (Å²) in [5.41, 5.74) is 0.657. The highest BCUT2D eigenvalue weighted by molar-refractivity contribution is 5.91. The van der Waals surface area contributed by atoms with Crippen molar-refractivity contribution >= 4 is 12.0 Å². The second kappa shape index (κ2) is 6.65. The van der Waals surface area contributed by atoms with Gasteiger partial charge in [-0.3, -0.25) is 9.63 Å². The predicted octanol–water partition coefficient (Wildman–Crippen LogP) is 1.44.